The second kappa shape index (κ2) is 7.94. The molecule has 1 fully saturated rings. The van der Waals surface area contributed by atoms with Gasteiger partial charge in [-0.1, -0.05) is 30.3 Å². The van der Waals surface area contributed by atoms with Crippen molar-refractivity contribution < 1.29 is 9.59 Å². The van der Waals surface area contributed by atoms with Crippen molar-refractivity contribution in [2.45, 2.75) is 19.4 Å². The van der Waals surface area contributed by atoms with Gasteiger partial charge in [0.15, 0.2) is 0 Å². The van der Waals surface area contributed by atoms with Gasteiger partial charge in [-0.2, -0.15) is 0 Å². The molecule has 0 aliphatic carbocycles. The van der Waals surface area contributed by atoms with Crippen molar-refractivity contribution in [1.29, 1.82) is 0 Å². The molecule has 5 heteroatoms. The van der Waals surface area contributed by atoms with E-state index >= 15 is 0 Å². The van der Waals surface area contributed by atoms with Gasteiger partial charge in [0.25, 0.3) is 5.91 Å². The molecule has 2 aromatic carbocycles. The van der Waals surface area contributed by atoms with Gasteiger partial charge in [0.1, 0.15) is 6.54 Å². The van der Waals surface area contributed by atoms with E-state index in [-0.39, 0.29) is 18.4 Å². The van der Waals surface area contributed by atoms with Crippen LogP contribution in [-0.4, -0.2) is 36.3 Å². The number of nitrogens with two attached hydrogens (primary N) is 1. The minimum atomic E-state index is -0.178. The Morgan fingerprint density at radius 3 is 2.40 bits per heavy atom. The van der Waals surface area contributed by atoms with Crippen LogP contribution in [0.25, 0.3) is 0 Å². The Morgan fingerprint density at radius 2 is 1.72 bits per heavy atom. The Kier molecular flexibility index (Phi) is 5.46. The van der Waals surface area contributed by atoms with Crippen molar-refractivity contribution in [3.05, 3.63) is 65.7 Å². The third-order valence-corrected chi connectivity index (χ3v) is 4.48. The zero-order valence-electron chi connectivity index (χ0n) is 14.2. The van der Waals surface area contributed by atoms with E-state index in [0.29, 0.717) is 17.8 Å². The molecule has 5 nitrogen and oxygen atoms in total. The zero-order chi connectivity index (χ0) is 17.6. The van der Waals surface area contributed by atoms with Crippen LogP contribution in [0.5, 0.6) is 0 Å². The van der Waals surface area contributed by atoms with E-state index in [0.717, 1.165) is 31.5 Å². The number of hydrogen-bond donors (Lipinski definition) is 1. The summed E-state index contributed by atoms with van der Waals surface area (Å²) in [5, 5.41) is 0. The van der Waals surface area contributed by atoms with E-state index in [1.54, 1.807) is 17.0 Å². The highest BCUT2D eigenvalue weighted by Crippen LogP contribution is 2.20. The van der Waals surface area contributed by atoms with Crippen LogP contribution in [0.1, 0.15) is 28.8 Å². The van der Waals surface area contributed by atoms with Crippen LogP contribution in [0.4, 0.5) is 5.69 Å². The first-order chi connectivity index (χ1) is 12.2. The largest absolute Gasteiger partial charge is 0.341 e. The van der Waals surface area contributed by atoms with Crippen molar-refractivity contribution in [3.63, 3.8) is 0 Å². The Bertz CT molecular complexity index is 740. The summed E-state index contributed by atoms with van der Waals surface area (Å²) < 4.78 is 0. The fraction of sp³-hybridized carbons (Fsp3) is 0.300. The second-order valence-corrected chi connectivity index (χ2v) is 6.22. The molecule has 2 N–H and O–H groups in total. The summed E-state index contributed by atoms with van der Waals surface area (Å²) in [4.78, 5) is 29.0. The van der Waals surface area contributed by atoms with Gasteiger partial charge in [-0.05, 0) is 42.7 Å². The number of carbonyl (C=O) groups is 2. The topological polar surface area (TPSA) is 66.6 Å². The van der Waals surface area contributed by atoms with E-state index in [1.807, 2.05) is 47.4 Å². The Balaban J connectivity index is 1.89. The number of rotatable bonds is 5. The van der Waals surface area contributed by atoms with E-state index < -0.39 is 0 Å². The number of nitrogens with zero attached hydrogens (tertiary/aromatic N) is 2. The number of benzene rings is 2. The molecule has 0 saturated carbocycles. The molecule has 0 spiro atoms. The van der Waals surface area contributed by atoms with Crippen LogP contribution in [0.2, 0.25) is 0 Å². The van der Waals surface area contributed by atoms with Crippen molar-refractivity contribution in [1.82, 2.24) is 4.90 Å². The fourth-order valence-corrected chi connectivity index (χ4v) is 3.07. The molecule has 25 heavy (non-hydrogen) atoms. The van der Waals surface area contributed by atoms with Crippen molar-refractivity contribution in [3.8, 4) is 0 Å². The molecule has 2 aromatic rings. The average Bonchev–Trinajstić information content (AvgIpc) is 3.21. The molecule has 1 aliphatic rings. The van der Waals surface area contributed by atoms with E-state index in [2.05, 4.69) is 0 Å². The average molecular weight is 337 g/mol. The van der Waals surface area contributed by atoms with Crippen LogP contribution in [0, 0.1) is 0 Å². The van der Waals surface area contributed by atoms with E-state index in [9.17, 15) is 9.59 Å². The van der Waals surface area contributed by atoms with Gasteiger partial charge in [0.05, 0.1) is 0 Å². The predicted octanol–water partition coefficient (Wildman–Crippen LogP) is 2.41. The van der Waals surface area contributed by atoms with Gasteiger partial charge >= 0.3 is 0 Å². The maximum absolute atomic E-state index is 13.0. The number of likely N-dealkylation sites (tertiary alicyclic amines) is 1. The summed E-state index contributed by atoms with van der Waals surface area (Å²) in [6.45, 7) is 1.98. The summed E-state index contributed by atoms with van der Waals surface area (Å²) in [6, 6.07) is 16.5. The third kappa shape index (κ3) is 4.06. The predicted molar refractivity (Wildman–Crippen MR) is 98.3 cm³/mol. The van der Waals surface area contributed by atoms with E-state index in [4.69, 9.17) is 5.73 Å². The second-order valence-electron chi connectivity index (χ2n) is 6.22. The maximum atomic E-state index is 13.0. The minimum absolute atomic E-state index is 0.0140. The Morgan fingerprint density at radius 1 is 1.00 bits per heavy atom. The molecule has 1 heterocycles. The smallest absolute Gasteiger partial charge is 0.258 e. The molecule has 1 saturated heterocycles. The SMILES string of the molecule is NCc1cccc(N(CC(=O)N2CCCC2)C(=O)c2ccccc2)c1. The molecular weight excluding hydrogens is 314 g/mol. The van der Waals surface area contributed by atoms with Crippen molar-refractivity contribution >= 4 is 17.5 Å². The first-order valence-electron chi connectivity index (χ1n) is 8.63. The van der Waals surface area contributed by atoms with Gasteiger partial charge in [-0.3, -0.25) is 14.5 Å². The lowest BCUT2D eigenvalue weighted by molar-refractivity contribution is -0.128. The fourth-order valence-electron chi connectivity index (χ4n) is 3.07. The number of anilines is 1. The van der Waals surface area contributed by atoms with Gasteiger partial charge < -0.3 is 10.6 Å². The first-order valence-corrected chi connectivity index (χ1v) is 8.63. The molecule has 0 aromatic heterocycles. The highest BCUT2D eigenvalue weighted by molar-refractivity contribution is 6.08. The lowest BCUT2D eigenvalue weighted by Gasteiger charge is -2.25. The van der Waals surface area contributed by atoms with Crippen molar-refractivity contribution in [2.24, 2.45) is 5.73 Å². The summed E-state index contributed by atoms with van der Waals surface area (Å²) in [7, 11) is 0. The van der Waals surface area contributed by atoms with Crippen molar-refractivity contribution in [2.75, 3.05) is 24.5 Å². The number of amides is 2. The third-order valence-electron chi connectivity index (χ3n) is 4.48. The molecular formula is C20H23N3O2. The summed E-state index contributed by atoms with van der Waals surface area (Å²) in [6.07, 6.45) is 2.06. The maximum Gasteiger partial charge on any atom is 0.258 e. The highest BCUT2D eigenvalue weighted by atomic mass is 16.2. The summed E-state index contributed by atoms with van der Waals surface area (Å²) in [5.74, 6) is -0.192. The molecule has 2 amide bonds. The van der Waals surface area contributed by atoms with Crippen LogP contribution in [0.3, 0.4) is 0 Å². The van der Waals surface area contributed by atoms with Gasteiger partial charge in [0.2, 0.25) is 5.91 Å². The Labute approximate surface area is 148 Å². The number of carbonyl (C=O) groups excluding carboxylic acids is 2. The molecule has 130 valence electrons. The molecule has 0 radical (unpaired) electrons. The normalized spacial score (nSPS) is 13.7. The molecule has 1 aliphatic heterocycles. The van der Waals surface area contributed by atoms with Crippen LogP contribution in [0.15, 0.2) is 54.6 Å². The molecule has 3 rings (SSSR count). The number of hydrogen-bond acceptors (Lipinski definition) is 3. The van der Waals surface area contributed by atoms with Crippen LogP contribution < -0.4 is 10.6 Å². The summed E-state index contributed by atoms with van der Waals surface area (Å²) >= 11 is 0. The lowest BCUT2D eigenvalue weighted by atomic mass is 10.1. The van der Waals surface area contributed by atoms with Crippen LogP contribution in [-0.2, 0) is 11.3 Å². The first kappa shape index (κ1) is 17.2. The van der Waals surface area contributed by atoms with Gasteiger partial charge in [-0.15, -0.1) is 0 Å². The Hall–Kier alpha value is -2.66. The van der Waals surface area contributed by atoms with Gasteiger partial charge in [0, 0.05) is 30.9 Å². The van der Waals surface area contributed by atoms with Crippen LogP contribution >= 0.6 is 0 Å². The lowest BCUT2D eigenvalue weighted by Crippen LogP contribution is -2.42. The molecule has 0 bridgehead atoms. The minimum Gasteiger partial charge on any atom is -0.341 e. The quantitative estimate of drug-likeness (QED) is 0.911. The summed E-state index contributed by atoms with van der Waals surface area (Å²) in [5.41, 5.74) is 7.92. The highest BCUT2D eigenvalue weighted by Gasteiger charge is 2.25. The molecule has 0 unspecified atom stereocenters. The molecule has 0 atom stereocenters. The monoisotopic (exact) mass is 337 g/mol. The zero-order valence-corrected chi connectivity index (χ0v) is 14.2. The van der Waals surface area contributed by atoms with E-state index in [1.165, 1.54) is 0 Å². The standard InChI is InChI=1S/C20H23N3O2/c21-14-16-7-6-10-18(13-16)23(15-19(24)22-11-4-5-12-22)20(25)17-8-2-1-3-9-17/h1-3,6-10,13H,4-5,11-12,14-15,21H2. The van der Waals surface area contributed by atoms with Gasteiger partial charge in [-0.25, -0.2) is 0 Å².